The Kier molecular flexibility index (Phi) is 5.39. The molecule has 3 atom stereocenters. The molecule has 30 heavy (non-hydrogen) atoms. The number of carbonyl (C=O) groups excluding carboxylic acids is 2. The lowest BCUT2D eigenvalue weighted by molar-refractivity contribution is 0.0326. The molecular weight excluding hydrogens is 384 g/mol. The maximum Gasteiger partial charge on any atom is 0.337 e. The van der Waals surface area contributed by atoms with E-state index in [9.17, 15) is 14.7 Å². The van der Waals surface area contributed by atoms with E-state index >= 15 is 0 Å². The van der Waals surface area contributed by atoms with Crippen LogP contribution in [-0.2, 0) is 10.3 Å². The van der Waals surface area contributed by atoms with Crippen LogP contribution in [0.25, 0.3) is 0 Å². The maximum atomic E-state index is 12.7. The number of nitrogens with one attached hydrogen (secondary N) is 1. The Morgan fingerprint density at radius 2 is 1.73 bits per heavy atom. The Bertz CT molecular complexity index is 929. The summed E-state index contributed by atoms with van der Waals surface area (Å²) in [5, 5.41) is 14.1. The number of hydrogen-bond donors (Lipinski definition) is 2. The third kappa shape index (κ3) is 3.85. The van der Waals surface area contributed by atoms with E-state index in [-0.39, 0.29) is 17.9 Å². The normalized spacial score (nSPS) is 25.0. The number of hydrogen-bond acceptors (Lipinski definition) is 5. The number of likely N-dealkylation sites (tertiary alicyclic amines) is 1. The van der Waals surface area contributed by atoms with Crippen LogP contribution in [0.2, 0.25) is 0 Å². The Balaban J connectivity index is 1.37. The van der Waals surface area contributed by atoms with E-state index in [1.54, 1.807) is 36.3 Å². The van der Waals surface area contributed by atoms with Gasteiger partial charge in [-0.05, 0) is 66.6 Å². The van der Waals surface area contributed by atoms with Gasteiger partial charge in [0.15, 0.2) is 0 Å². The van der Waals surface area contributed by atoms with Gasteiger partial charge < -0.3 is 24.8 Å². The molecule has 1 saturated carbocycles. The van der Waals surface area contributed by atoms with Crippen molar-refractivity contribution >= 4 is 17.7 Å². The fourth-order valence-corrected chi connectivity index (χ4v) is 4.68. The van der Waals surface area contributed by atoms with Crippen molar-refractivity contribution in [1.82, 2.24) is 4.90 Å². The molecule has 2 amide bonds. The van der Waals surface area contributed by atoms with Crippen LogP contribution < -0.4 is 10.1 Å². The number of aliphatic hydroxyl groups is 1. The van der Waals surface area contributed by atoms with Crippen LogP contribution in [0.1, 0.15) is 28.8 Å². The van der Waals surface area contributed by atoms with E-state index in [4.69, 9.17) is 4.74 Å². The molecule has 0 radical (unpaired) electrons. The first kappa shape index (κ1) is 20.2. The molecule has 7 heteroatoms. The van der Waals surface area contributed by atoms with Gasteiger partial charge in [0.1, 0.15) is 5.75 Å². The topological polar surface area (TPSA) is 88.1 Å². The van der Waals surface area contributed by atoms with Crippen LogP contribution in [-0.4, -0.2) is 49.3 Å². The summed E-state index contributed by atoms with van der Waals surface area (Å²) < 4.78 is 9.97. The quantitative estimate of drug-likeness (QED) is 0.756. The van der Waals surface area contributed by atoms with Gasteiger partial charge >= 0.3 is 12.0 Å². The molecule has 1 saturated heterocycles. The standard InChI is InChI=1S/C23H26N2O5/c1-29-20-5-3-4-18(10-20)23(28)11-16-13-25(14-17(16)12-23)22(27)24-19-8-6-15(7-9-19)21(26)30-2/h3-10,16-17,28H,11-14H2,1-2H3,(H,24,27)/t16-,17+,23?. The Morgan fingerprint density at radius 1 is 1.07 bits per heavy atom. The van der Waals surface area contributed by atoms with Crippen molar-refractivity contribution in [3.63, 3.8) is 0 Å². The van der Waals surface area contributed by atoms with Crippen LogP contribution in [0, 0.1) is 11.8 Å². The first-order valence-corrected chi connectivity index (χ1v) is 10.0. The molecule has 7 nitrogen and oxygen atoms in total. The predicted molar refractivity (Wildman–Crippen MR) is 111 cm³/mol. The molecule has 1 aliphatic carbocycles. The predicted octanol–water partition coefficient (Wildman–Crippen LogP) is 3.24. The van der Waals surface area contributed by atoms with Gasteiger partial charge in [-0.3, -0.25) is 0 Å². The van der Waals surface area contributed by atoms with Gasteiger partial charge in [0.25, 0.3) is 0 Å². The number of fused-ring (bicyclic) bond motifs is 1. The van der Waals surface area contributed by atoms with E-state index in [1.165, 1.54) is 7.11 Å². The second-order valence-corrected chi connectivity index (χ2v) is 8.10. The number of amides is 2. The number of nitrogens with zero attached hydrogens (tertiary/aromatic N) is 1. The Labute approximate surface area is 175 Å². The smallest absolute Gasteiger partial charge is 0.337 e. The van der Waals surface area contributed by atoms with Crippen LogP contribution in [0.3, 0.4) is 0 Å². The zero-order valence-corrected chi connectivity index (χ0v) is 17.1. The van der Waals surface area contributed by atoms with Gasteiger partial charge in [0.2, 0.25) is 0 Å². The summed E-state index contributed by atoms with van der Waals surface area (Å²) in [5.74, 6) is 0.836. The SMILES string of the molecule is COC(=O)c1ccc(NC(=O)N2C[C@@H]3CC(O)(c4cccc(OC)c4)C[C@@H]3C2)cc1. The zero-order chi connectivity index (χ0) is 21.3. The molecule has 0 aromatic heterocycles. The molecule has 4 rings (SSSR count). The first-order valence-electron chi connectivity index (χ1n) is 10.0. The highest BCUT2D eigenvalue weighted by atomic mass is 16.5. The van der Waals surface area contributed by atoms with E-state index < -0.39 is 11.6 Å². The third-order valence-electron chi connectivity index (χ3n) is 6.23. The Morgan fingerprint density at radius 3 is 2.33 bits per heavy atom. The van der Waals surface area contributed by atoms with Crippen molar-refractivity contribution in [3.8, 4) is 5.75 Å². The van der Waals surface area contributed by atoms with Crippen molar-refractivity contribution in [2.24, 2.45) is 11.8 Å². The average molecular weight is 410 g/mol. The highest BCUT2D eigenvalue weighted by Crippen LogP contribution is 2.49. The largest absolute Gasteiger partial charge is 0.497 e. The van der Waals surface area contributed by atoms with Crippen LogP contribution in [0.15, 0.2) is 48.5 Å². The molecule has 1 heterocycles. The molecule has 2 aliphatic rings. The van der Waals surface area contributed by atoms with Crippen molar-refractivity contribution in [1.29, 1.82) is 0 Å². The van der Waals surface area contributed by atoms with E-state index in [0.717, 1.165) is 11.3 Å². The molecule has 158 valence electrons. The second kappa shape index (κ2) is 7.99. The van der Waals surface area contributed by atoms with Crippen molar-refractivity contribution in [2.75, 3.05) is 32.6 Å². The van der Waals surface area contributed by atoms with Crippen LogP contribution in [0.5, 0.6) is 5.75 Å². The fourth-order valence-electron chi connectivity index (χ4n) is 4.68. The molecular formula is C23H26N2O5. The number of anilines is 1. The number of methoxy groups -OCH3 is 2. The fraction of sp³-hybridized carbons (Fsp3) is 0.391. The summed E-state index contributed by atoms with van der Waals surface area (Å²) in [6, 6.07) is 14.0. The first-order chi connectivity index (χ1) is 14.4. The molecule has 2 fully saturated rings. The number of benzene rings is 2. The molecule has 0 bridgehead atoms. The second-order valence-electron chi connectivity index (χ2n) is 8.10. The number of esters is 1. The highest BCUT2D eigenvalue weighted by Gasteiger charge is 2.50. The molecule has 2 N–H and O–H groups in total. The average Bonchev–Trinajstić information content (AvgIpc) is 3.29. The summed E-state index contributed by atoms with van der Waals surface area (Å²) in [7, 11) is 2.95. The maximum absolute atomic E-state index is 12.7. The zero-order valence-electron chi connectivity index (χ0n) is 17.1. The number of carbonyl (C=O) groups is 2. The minimum atomic E-state index is -0.879. The Hall–Kier alpha value is -3.06. The molecule has 2 aromatic rings. The van der Waals surface area contributed by atoms with Gasteiger partial charge in [-0.25, -0.2) is 9.59 Å². The third-order valence-corrected chi connectivity index (χ3v) is 6.23. The lowest BCUT2D eigenvalue weighted by Gasteiger charge is -2.27. The summed E-state index contributed by atoms with van der Waals surface area (Å²) in [6.07, 6.45) is 1.25. The van der Waals surface area contributed by atoms with E-state index in [1.807, 2.05) is 24.3 Å². The molecule has 2 aromatic carbocycles. The monoisotopic (exact) mass is 410 g/mol. The minimum Gasteiger partial charge on any atom is -0.497 e. The van der Waals surface area contributed by atoms with Gasteiger partial charge in [-0.15, -0.1) is 0 Å². The van der Waals surface area contributed by atoms with Gasteiger partial charge in [-0.2, -0.15) is 0 Å². The summed E-state index contributed by atoms with van der Waals surface area (Å²) in [5.41, 5.74) is 1.05. The lowest BCUT2D eigenvalue weighted by atomic mass is 9.90. The summed E-state index contributed by atoms with van der Waals surface area (Å²) in [4.78, 5) is 26.0. The van der Waals surface area contributed by atoms with Crippen molar-refractivity contribution < 1.29 is 24.2 Å². The van der Waals surface area contributed by atoms with E-state index in [2.05, 4.69) is 10.1 Å². The highest BCUT2D eigenvalue weighted by molar-refractivity contribution is 5.92. The van der Waals surface area contributed by atoms with Gasteiger partial charge in [-0.1, -0.05) is 12.1 Å². The van der Waals surface area contributed by atoms with Crippen LogP contribution in [0.4, 0.5) is 10.5 Å². The number of urea groups is 1. The van der Waals surface area contributed by atoms with E-state index in [0.29, 0.717) is 37.2 Å². The van der Waals surface area contributed by atoms with Crippen LogP contribution >= 0.6 is 0 Å². The molecule has 1 unspecified atom stereocenters. The molecule has 0 spiro atoms. The number of rotatable bonds is 4. The van der Waals surface area contributed by atoms with Crippen molar-refractivity contribution in [2.45, 2.75) is 18.4 Å². The van der Waals surface area contributed by atoms with Gasteiger partial charge in [0.05, 0.1) is 25.4 Å². The lowest BCUT2D eigenvalue weighted by Crippen LogP contribution is -2.35. The summed E-state index contributed by atoms with van der Waals surface area (Å²) >= 11 is 0. The minimum absolute atomic E-state index is 0.167. The molecule has 1 aliphatic heterocycles. The number of ether oxygens (including phenoxy) is 2. The summed E-state index contributed by atoms with van der Waals surface area (Å²) in [6.45, 7) is 1.23. The van der Waals surface area contributed by atoms with Crippen molar-refractivity contribution in [3.05, 3.63) is 59.7 Å². The van der Waals surface area contributed by atoms with Gasteiger partial charge in [0, 0.05) is 18.8 Å².